The molecule has 0 saturated heterocycles. The summed E-state index contributed by atoms with van der Waals surface area (Å²) in [7, 11) is 0. The number of unbranched alkanes of at least 4 members (excludes halogenated alkanes) is 1. The van der Waals surface area contributed by atoms with Crippen molar-refractivity contribution in [1.82, 2.24) is 10.2 Å². The van der Waals surface area contributed by atoms with E-state index in [1.54, 1.807) is 11.8 Å². The second kappa shape index (κ2) is 10.4. The van der Waals surface area contributed by atoms with Gasteiger partial charge in [-0.25, -0.2) is 0 Å². The van der Waals surface area contributed by atoms with Gasteiger partial charge >= 0.3 is 0 Å². The third-order valence-corrected chi connectivity index (χ3v) is 3.99. The molecule has 1 rings (SSSR count). The third-order valence-electron chi connectivity index (χ3n) is 3.99. The Morgan fingerprint density at radius 2 is 2.10 bits per heavy atom. The van der Waals surface area contributed by atoms with E-state index in [0.29, 0.717) is 13.0 Å². The Hall–Kier alpha value is -1.32. The predicted octanol–water partition coefficient (Wildman–Crippen LogP) is 3.03. The van der Waals surface area contributed by atoms with Gasteiger partial charge in [-0.1, -0.05) is 25.0 Å². The van der Waals surface area contributed by atoms with Crippen LogP contribution in [0, 0.1) is 0 Å². The Kier molecular flexibility index (Phi) is 8.79. The van der Waals surface area contributed by atoms with Crippen molar-refractivity contribution >= 4 is 11.8 Å². The number of amides is 2. The van der Waals surface area contributed by atoms with Crippen molar-refractivity contribution < 1.29 is 9.59 Å². The highest BCUT2D eigenvalue weighted by molar-refractivity contribution is 5.77. The highest BCUT2D eigenvalue weighted by Crippen LogP contribution is 2.19. The summed E-state index contributed by atoms with van der Waals surface area (Å²) in [5.74, 6) is 0.109. The van der Waals surface area contributed by atoms with Crippen LogP contribution in [0.25, 0.3) is 0 Å². The molecule has 1 aliphatic rings. The first kappa shape index (κ1) is 17.7. The maximum absolute atomic E-state index is 11.8. The molecule has 0 aromatic heterocycles. The minimum absolute atomic E-state index is 0.0501. The lowest BCUT2D eigenvalue weighted by Gasteiger charge is -2.20. The van der Waals surface area contributed by atoms with Crippen molar-refractivity contribution in [3.05, 3.63) is 11.6 Å². The number of carbonyl (C=O) groups is 2. The molecule has 0 bridgehead atoms. The number of hydrogen-bond donors (Lipinski definition) is 1. The van der Waals surface area contributed by atoms with E-state index in [9.17, 15) is 9.59 Å². The van der Waals surface area contributed by atoms with Gasteiger partial charge in [0.2, 0.25) is 11.8 Å². The Bertz CT molecular complexity index is 364. The SMILES string of the molecule is CCCCN(CCC(=O)NCCC1=CCCCC1)C(C)=O. The van der Waals surface area contributed by atoms with Crippen LogP contribution in [-0.4, -0.2) is 36.3 Å². The van der Waals surface area contributed by atoms with Crippen molar-refractivity contribution in [2.45, 2.75) is 65.2 Å². The van der Waals surface area contributed by atoms with Gasteiger partial charge in [-0.3, -0.25) is 9.59 Å². The number of nitrogens with zero attached hydrogens (tertiary/aromatic N) is 1. The lowest BCUT2D eigenvalue weighted by atomic mass is 9.97. The summed E-state index contributed by atoms with van der Waals surface area (Å²) in [6.07, 6.45) is 10.7. The largest absolute Gasteiger partial charge is 0.356 e. The number of allylic oxidation sites excluding steroid dienone is 1. The number of nitrogens with one attached hydrogen (secondary N) is 1. The fourth-order valence-corrected chi connectivity index (χ4v) is 2.59. The zero-order chi connectivity index (χ0) is 15.5. The van der Waals surface area contributed by atoms with Gasteiger partial charge in [-0.15, -0.1) is 0 Å². The quantitative estimate of drug-likeness (QED) is 0.665. The standard InChI is InChI=1S/C17H30N2O2/c1-3-4-13-19(15(2)20)14-11-17(21)18-12-10-16-8-6-5-7-9-16/h8H,3-7,9-14H2,1-2H3,(H,18,21). The van der Waals surface area contributed by atoms with Gasteiger partial charge in [-0.2, -0.15) is 0 Å². The maximum Gasteiger partial charge on any atom is 0.221 e. The van der Waals surface area contributed by atoms with Gasteiger partial charge in [0.05, 0.1) is 0 Å². The lowest BCUT2D eigenvalue weighted by molar-refractivity contribution is -0.129. The van der Waals surface area contributed by atoms with E-state index < -0.39 is 0 Å². The van der Waals surface area contributed by atoms with E-state index in [0.717, 1.165) is 32.4 Å². The molecule has 0 aromatic rings. The minimum Gasteiger partial charge on any atom is -0.356 e. The molecule has 0 radical (unpaired) electrons. The van der Waals surface area contributed by atoms with Crippen LogP contribution in [0.4, 0.5) is 0 Å². The first-order valence-corrected chi connectivity index (χ1v) is 8.33. The van der Waals surface area contributed by atoms with E-state index in [-0.39, 0.29) is 11.8 Å². The summed E-state index contributed by atoms with van der Waals surface area (Å²) in [4.78, 5) is 25.1. The Labute approximate surface area is 129 Å². The number of carbonyl (C=O) groups excluding carboxylic acids is 2. The van der Waals surface area contributed by atoms with Crippen LogP contribution in [0.2, 0.25) is 0 Å². The van der Waals surface area contributed by atoms with Gasteiger partial charge in [0, 0.05) is 33.0 Å². The zero-order valence-corrected chi connectivity index (χ0v) is 13.6. The van der Waals surface area contributed by atoms with Crippen LogP contribution < -0.4 is 5.32 Å². The molecule has 0 aromatic carbocycles. The first-order valence-electron chi connectivity index (χ1n) is 8.33. The summed E-state index contributed by atoms with van der Waals surface area (Å²) < 4.78 is 0. The number of hydrogen-bond acceptors (Lipinski definition) is 2. The van der Waals surface area contributed by atoms with Crippen molar-refractivity contribution in [3.8, 4) is 0 Å². The minimum atomic E-state index is 0.0501. The fourth-order valence-electron chi connectivity index (χ4n) is 2.59. The molecular weight excluding hydrogens is 264 g/mol. The summed E-state index contributed by atoms with van der Waals surface area (Å²) >= 11 is 0. The van der Waals surface area contributed by atoms with Gasteiger partial charge in [0.25, 0.3) is 0 Å². The van der Waals surface area contributed by atoms with Crippen molar-refractivity contribution in [1.29, 1.82) is 0 Å². The predicted molar refractivity (Wildman–Crippen MR) is 86.0 cm³/mol. The van der Waals surface area contributed by atoms with Gasteiger partial charge in [0.1, 0.15) is 0 Å². The second-order valence-electron chi connectivity index (χ2n) is 5.82. The molecule has 0 aliphatic heterocycles. The molecule has 120 valence electrons. The summed E-state index contributed by atoms with van der Waals surface area (Å²) in [5.41, 5.74) is 1.48. The Balaban J connectivity index is 2.16. The van der Waals surface area contributed by atoms with Crippen LogP contribution in [0.3, 0.4) is 0 Å². The van der Waals surface area contributed by atoms with Crippen molar-refractivity contribution in [2.75, 3.05) is 19.6 Å². The van der Waals surface area contributed by atoms with Crippen LogP contribution in [0.5, 0.6) is 0 Å². The van der Waals surface area contributed by atoms with Gasteiger partial charge in [0.15, 0.2) is 0 Å². The Morgan fingerprint density at radius 1 is 1.29 bits per heavy atom. The van der Waals surface area contributed by atoms with Crippen LogP contribution in [0.15, 0.2) is 11.6 Å². The fraction of sp³-hybridized carbons (Fsp3) is 0.765. The molecule has 0 saturated carbocycles. The van der Waals surface area contributed by atoms with Gasteiger partial charge < -0.3 is 10.2 Å². The van der Waals surface area contributed by atoms with E-state index >= 15 is 0 Å². The van der Waals surface area contributed by atoms with Gasteiger partial charge in [-0.05, 0) is 38.5 Å². The van der Waals surface area contributed by atoms with Crippen LogP contribution in [-0.2, 0) is 9.59 Å². The van der Waals surface area contributed by atoms with Crippen molar-refractivity contribution in [2.24, 2.45) is 0 Å². The highest BCUT2D eigenvalue weighted by atomic mass is 16.2. The lowest BCUT2D eigenvalue weighted by Crippen LogP contribution is -2.34. The molecule has 1 aliphatic carbocycles. The molecule has 0 atom stereocenters. The molecule has 4 nitrogen and oxygen atoms in total. The topological polar surface area (TPSA) is 49.4 Å². The average Bonchev–Trinajstić information content (AvgIpc) is 2.48. The molecule has 1 N–H and O–H groups in total. The molecule has 2 amide bonds. The molecule has 0 heterocycles. The zero-order valence-electron chi connectivity index (χ0n) is 13.6. The average molecular weight is 294 g/mol. The molecular formula is C17H30N2O2. The Morgan fingerprint density at radius 3 is 2.71 bits per heavy atom. The monoisotopic (exact) mass is 294 g/mol. The normalized spacial score (nSPS) is 14.5. The highest BCUT2D eigenvalue weighted by Gasteiger charge is 2.10. The first-order chi connectivity index (χ1) is 10.1. The summed E-state index contributed by atoms with van der Waals surface area (Å²) in [6.45, 7) is 5.68. The number of rotatable bonds is 9. The second-order valence-corrected chi connectivity index (χ2v) is 5.82. The molecule has 4 heteroatoms. The van der Waals surface area contributed by atoms with Crippen LogP contribution >= 0.6 is 0 Å². The smallest absolute Gasteiger partial charge is 0.221 e. The molecule has 0 spiro atoms. The van der Waals surface area contributed by atoms with Crippen molar-refractivity contribution in [3.63, 3.8) is 0 Å². The molecule has 0 unspecified atom stereocenters. The van der Waals surface area contributed by atoms with E-state index in [2.05, 4.69) is 18.3 Å². The molecule has 21 heavy (non-hydrogen) atoms. The third kappa shape index (κ3) is 7.88. The van der Waals surface area contributed by atoms with E-state index in [1.165, 1.54) is 31.3 Å². The van der Waals surface area contributed by atoms with E-state index in [1.807, 2.05) is 0 Å². The molecule has 0 fully saturated rings. The van der Waals surface area contributed by atoms with Crippen LogP contribution in [0.1, 0.15) is 65.2 Å². The maximum atomic E-state index is 11.8. The van der Waals surface area contributed by atoms with E-state index in [4.69, 9.17) is 0 Å². The summed E-state index contributed by atoms with van der Waals surface area (Å²) in [5, 5.41) is 2.96. The summed E-state index contributed by atoms with van der Waals surface area (Å²) in [6, 6.07) is 0.